The summed E-state index contributed by atoms with van der Waals surface area (Å²) in [5.41, 5.74) is 1.47. The first kappa shape index (κ1) is 10.8. The molecule has 0 amide bonds. The minimum absolute atomic E-state index is 0.155. The van der Waals surface area contributed by atoms with Crippen LogP contribution in [0.5, 0.6) is 0 Å². The van der Waals surface area contributed by atoms with E-state index in [1.165, 1.54) is 5.69 Å². The highest BCUT2D eigenvalue weighted by Gasteiger charge is 2.19. The van der Waals surface area contributed by atoms with Crippen LogP contribution in [0.25, 0.3) is 0 Å². The van der Waals surface area contributed by atoms with Crippen molar-refractivity contribution in [2.24, 2.45) is 0 Å². The van der Waals surface area contributed by atoms with E-state index < -0.39 is 0 Å². The van der Waals surface area contributed by atoms with Crippen LogP contribution in [0, 0.1) is 0 Å². The Labute approximate surface area is 96.4 Å². The molecule has 1 atom stereocenters. The second kappa shape index (κ2) is 4.86. The molecule has 82 valence electrons. The van der Waals surface area contributed by atoms with Gasteiger partial charge in [-0.25, -0.2) is 0 Å². The summed E-state index contributed by atoms with van der Waals surface area (Å²) < 4.78 is 0. The van der Waals surface area contributed by atoms with Gasteiger partial charge in [0.25, 0.3) is 0 Å². The lowest BCUT2D eigenvalue weighted by Crippen LogP contribution is -2.48. The van der Waals surface area contributed by atoms with E-state index in [-0.39, 0.29) is 5.50 Å². The van der Waals surface area contributed by atoms with Crippen molar-refractivity contribution in [2.45, 2.75) is 12.4 Å². The number of piperazine rings is 1. The highest BCUT2D eigenvalue weighted by atomic mass is 35.5. The lowest BCUT2D eigenvalue weighted by molar-refractivity contribution is 0.247. The van der Waals surface area contributed by atoms with Crippen molar-refractivity contribution < 1.29 is 0 Å². The van der Waals surface area contributed by atoms with Crippen molar-refractivity contribution >= 4 is 17.3 Å². The van der Waals surface area contributed by atoms with Crippen molar-refractivity contribution in [3.8, 4) is 0 Å². The summed E-state index contributed by atoms with van der Waals surface area (Å²) in [7, 11) is 0. The summed E-state index contributed by atoms with van der Waals surface area (Å²) in [6.07, 6.45) is 0. The molecule has 0 saturated carbocycles. The minimum Gasteiger partial charge on any atom is -0.369 e. The SMILES string of the molecule is CC(Cl)N1CCN(c2ccccc2)CC1. The highest BCUT2D eigenvalue weighted by molar-refractivity contribution is 6.20. The van der Waals surface area contributed by atoms with Gasteiger partial charge in [0.05, 0.1) is 5.50 Å². The first-order chi connectivity index (χ1) is 7.27. The molecule has 1 aliphatic heterocycles. The van der Waals surface area contributed by atoms with E-state index in [1.807, 2.05) is 6.92 Å². The maximum Gasteiger partial charge on any atom is 0.0823 e. The largest absolute Gasteiger partial charge is 0.369 e. The standard InChI is InChI=1S/C12H17ClN2/c1-11(13)14-7-9-15(10-8-14)12-5-3-2-4-6-12/h2-6,11H,7-10H2,1H3. The van der Waals surface area contributed by atoms with Crippen molar-refractivity contribution in [3.63, 3.8) is 0 Å². The Morgan fingerprint density at radius 2 is 1.67 bits per heavy atom. The number of rotatable bonds is 2. The molecule has 1 aromatic carbocycles. The van der Waals surface area contributed by atoms with Gasteiger partial charge in [-0.3, -0.25) is 4.90 Å². The number of para-hydroxylation sites is 1. The molecule has 0 aromatic heterocycles. The second-order valence-corrected chi connectivity index (χ2v) is 4.56. The monoisotopic (exact) mass is 224 g/mol. The van der Waals surface area contributed by atoms with E-state index in [0.29, 0.717) is 0 Å². The molecule has 2 rings (SSSR count). The normalized spacial score (nSPS) is 20.3. The van der Waals surface area contributed by atoms with E-state index in [2.05, 4.69) is 40.1 Å². The molecule has 0 N–H and O–H groups in total. The van der Waals surface area contributed by atoms with Crippen molar-refractivity contribution in [1.82, 2.24) is 4.90 Å². The quantitative estimate of drug-likeness (QED) is 0.562. The molecular weight excluding hydrogens is 208 g/mol. The molecule has 1 aromatic rings. The highest BCUT2D eigenvalue weighted by Crippen LogP contribution is 2.17. The molecule has 1 aliphatic rings. The lowest BCUT2D eigenvalue weighted by atomic mass is 10.2. The molecule has 0 radical (unpaired) electrons. The van der Waals surface area contributed by atoms with Crippen LogP contribution in [-0.2, 0) is 0 Å². The summed E-state index contributed by atoms with van der Waals surface area (Å²) in [5, 5.41) is 0. The Balaban J connectivity index is 1.94. The summed E-state index contributed by atoms with van der Waals surface area (Å²) in [6.45, 7) is 6.29. The van der Waals surface area contributed by atoms with Gasteiger partial charge < -0.3 is 4.90 Å². The Bertz CT molecular complexity index is 292. The third-order valence-electron chi connectivity index (χ3n) is 2.94. The van der Waals surface area contributed by atoms with Gasteiger partial charge in [0.15, 0.2) is 0 Å². The Morgan fingerprint density at radius 3 is 2.20 bits per heavy atom. The average molecular weight is 225 g/mol. The molecule has 1 heterocycles. The van der Waals surface area contributed by atoms with Crippen LogP contribution >= 0.6 is 11.6 Å². The molecule has 1 saturated heterocycles. The number of anilines is 1. The molecule has 2 nitrogen and oxygen atoms in total. The zero-order valence-electron chi connectivity index (χ0n) is 9.06. The van der Waals surface area contributed by atoms with Crippen LogP contribution in [0.2, 0.25) is 0 Å². The fourth-order valence-electron chi connectivity index (χ4n) is 1.97. The molecule has 1 unspecified atom stereocenters. The number of alkyl halides is 1. The number of halogens is 1. The van der Waals surface area contributed by atoms with Gasteiger partial charge in [0.2, 0.25) is 0 Å². The average Bonchev–Trinajstić information content (AvgIpc) is 2.30. The summed E-state index contributed by atoms with van der Waals surface area (Å²) >= 11 is 6.06. The summed E-state index contributed by atoms with van der Waals surface area (Å²) in [6, 6.07) is 10.6. The first-order valence-electron chi connectivity index (χ1n) is 5.45. The Hall–Kier alpha value is -0.730. The molecule has 0 spiro atoms. The second-order valence-electron chi connectivity index (χ2n) is 3.93. The van der Waals surface area contributed by atoms with Gasteiger partial charge in [0.1, 0.15) is 0 Å². The molecular formula is C12H17ClN2. The third-order valence-corrected chi connectivity index (χ3v) is 3.21. The van der Waals surface area contributed by atoms with Gasteiger partial charge in [-0.15, -0.1) is 11.6 Å². The van der Waals surface area contributed by atoms with Crippen LogP contribution in [0.4, 0.5) is 5.69 Å². The fraction of sp³-hybridized carbons (Fsp3) is 0.500. The van der Waals surface area contributed by atoms with Gasteiger partial charge in [-0.1, -0.05) is 18.2 Å². The number of benzene rings is 1. The number of nitrogens with zero attached hydrogens (tertiary/aromatic N) is 2. The maximum atomic E-state index is 6.06. The van der Waals surface area contributed by atoms with Crippen LogP contribution in [0.1, 0.15) is 6.92 Å². The topological polar surface area (TPSA) is 6.48 Å². The summed E-state index contributed by atoms with van der Waals surface area (Å²) in [5.74, 6) is 0. The van der Waals surface area contributed by atoms with Gasteiger partial charge in [0, 0.05) is 31.9 Å². The Morgan fingerprint density at radius 1 is 1.07 bits per heavy atom. The molecule has 15 heavy (non-hydrogen) atoms. The molecule has 3 heteroatoms. The van der Waals surface area contributed by atoms with Crippen LogP contribution in [0.3, 0.4) is 0 Å². The van der Waals surface area contributed by atoms with Crippen LogP contribution in [-0.4, -0.2) is 36.6 Å². The maximum absolute atomic E-state index is 6.06. The van der Waals surface area contributed by atoms with Crippen LogP contribution < -0.4 is 4.90 Å². The van der Waals surface area contributed by atoms with E-state index in [4.69, 9.17) is 11.6 Å². The molecule has 0 aliphatic carbocycles. The van der Waals surface area contributed by atoms with Crippen molar-refractivity contribution in [2.75, 3.05) is 31.1 Å². The van der Waals surface area contributed by atoms with Gasteiger partial charge >= 0.3 is 0 Å². The van der Waals surface area contributed by atoms with Crippen molar-refractivity contribution in [1.29, 1.82) is 0 Å². The first-order valence-corrected chi connectivity index (χ1v) is 5.89. The van der Waals surface area contributed by atoms with E-state index in [9.17, 15) is 0 Å². The Kier molecular flexibility index (Phi) is 3.49. The van der Waals surface area contributed by atoms with Crippen molar-refractivity contribution in [3.05, 3.63) is 30.3 Å². The summed E-state index contributed by atoms with van der Waals surface area (Å²) in [4.78, 5) is 4.72. The molecule has 1 fully saturated rings. The number of hydrogen-bond donors (Lipinski definition) is 0. The van der Waals surface area contributed by atoms with E-state index >= 15 is 0 Å². The molecule has 0 bridgehead atoms. The number of hydrogen-bond acceptors (Lipinski definition) is 2. The zero-order valence-corrected chi connectivity index (χ0v) is 9.82. The van der Waals surface area contributed by atoms with Gasteiger partial charge in [-0.05, 0) is 19.1 Å². The predicted molar refractivity (Wildman–Crippen MR) is 65.5 cm³/mol. The fourth-order valence-corrected chi connectivity index (χ4v) is 2.17. The van der Waals surface area contributed by atoms with E-state index in [1.54, 1.807) is 0 Å². The lowest BCUT2D eigenvalue weighted by Gasteiger charge is -2.37. The zero-order chi connectivity index (χ0) is 10.7. The van der Waals surface area contributed by atoms with Crippen LogP contribution in [0.15, 0.2) is 30.3 Å². The predicted octanol–water partition coefficient (Wildman–Crippen LogP) is 2.39. The van der Waals surface area contributed by atoms with E-state index in [0.717, 1.165) is 26.2 Å². The van der Waals surface area contributed by atoms with Gasteiger partial charge in [-0.2, -0.15) is 0 Å². The third kappa shape index (κ3) is 2.64. The smallest absolute Gasteiger partial charge is 0.0823 e. The minimum atomic E-state index is 0.155.